The normalized spacial score (nSPS) is 19.5. The molecule has 1 aliphatic heterocycles. The maximum atomic E-state index is 11.5. The molecule has 1 fully saturated rings. The van der Waals surface area contributed by atoms with Crippen LogP contribution in [0.3, 0.4) is 0 Å². The van der Waals surface area contributed by atoms with E-state index in [-0.39, 0.29) is 17.5 Å². The predicted molar refractivity (Wildman–Crippen MR) is 91.9 cm³/mol. The number of hydrogen-bond donors (Lipinski definition) is 2. The second kappa shape index (κ2) is 6.16. The molecule has 1 saturated heterocycles. The highest BCUT2D eigenvalue weighted by atomic mass is 32.2. The molecular weight excluding hydrogens is 312 g/mol. The van der Waals surface area contributed by atoms with E-state index in [2.05, 4.69) is 26.7 Å². The molecule has 1 atom stereocenters. The summed E-state index contributed by atoms with van der Waals surface area (Å²) in [7, 11) is -2.91. The minimum Gasteiger partial charge on any atom is -0.366 e. The van der Waals surface area contributed by atoms with Gasteiger partial charge in [0.1, 0.15) is 5.82 Å². The average molecular weight is 332 g/mol. The first kappa shape index (κ1) is 15.7. The third-order valence-corrected chi connectivity index (χ3v) is 5.49. The van der Waals surface area contributed by atoms with Gasteiger partial charge in [0.25, 0.3) is 0 Å². The summed E-state index contributed by atoms with van der Waals surface area (Å²) in [5, 5.41) is 6.36. The van der Waals surface area contributed by atoms with E-state index in [1.807, 2.05) is 26.0 Å². The Morgan fingerprint density at radius 3 is 2.57 bits per heavy atom. The molecule has 0 amide bonds. The van der Waals surface area contributed by atoms with Crippen LogP contribution in [0.4, 0.5) is 17.5 Å². The fraction of sp³-hybridized carbons (Fsp3) is 0.375. The number of nitrogens with zero attached hydrogens (tertiary/aromatic N) is 2. The summed E-state index contributed by atoms with van der Waals surface area (Å²) in [4.78, 5) is 8.63. The largest absolute Gasteiger partial charge is 0.366 e. The molecule has 6 nitrogen and oxygen atoms in total. The van der Waals surface area contributed by atoms with E-state index in [0.717, 1.165) is 16.8 Å². The maximum absolute atomic E-state index is 11.5. The zero-order valence-electron chi connectivity index (χ0n) is 13.2. The number of sulfone groups is 1. The smallest absolute Gasteiger partial charge is 0.229 e. The zero-order chi connectivity index (χ0) is 16.4. The summed E-state index contributed by atoms with van der Waals surface area (Å²) in [6.07, 6.45) is 2.27. The molecule has 23 heavy (non-hydrogen) atoms. The van der Waals surface area contributed by atoms with Gasteiger partial charge in [-0.2, -0.15) is 4.98 Å². The van der Waals surface area contributed by atoms with Crippen LogP contribution in [0.2, 0.25) is 0 Å². The molecule has 1 aromatic heterocycles. The Balaban J connectivity index is 1.72. The summed E-state index contributed by atoms with van der Waals surface area (Å²) >= 11 is 0. The summed E-state index contributed by atoms with van der Waals surface area (Å²) < 4.78 is 23.0. The van der Waals surface area contributed by atoms with Gasteiger partial charge in [-0.05, 0) is 49.6 Å². The van der Waals surface area contributed by atoms with Crippen LogP contribution in [0.5, 0.6) is 0 Å². The van der Waals surface area contributed by atoms with E-state index in [4.69, 9.17) is 0 Å². The molecule has 1 aliphatic rings. The molecular formula is C16H20N4O2S. The van der Waals surface area contributed by atoms with Gasteiger partial charge < -0.3 is 10.6 Å². The third-order valence-electron chi connectivity index (χ3n) is 3.72. The lowest BCUT2D eigenvalue weighted by Crippen LogP contribution is -2.21. The first-order valence-corrected chi connectivity index (χ1v) is 9.37. The van der Waals surface area contributed by atoms with E-state index >= 15 is 0 Å². The van der Waals surface area contributed by atoms with E-state index in [1.54, 1.807) is 12.3 Å². The predicted octanol–water partition coefficient (Wildman–Crippen LogP) is 2.44. The highest BCUT2D eigenvalue weighted by molar-refractivity contribution is 7.91. The Bertz CT molecular complexity index is 800. The van der Waals surface area contributed by atoms with Crippen molar-refractivity contribution in [3.63, 3.8) is 0 Å². The van der Waals surface area contributed by atoms with Crippen molar-refractivity contribution in [3.05, 3.63) is 41.6 Å². The summed E-state index contributed by atoms with van der Waals surface area (Å²) in [5.41, 5.74) is 3.26. The van der Waals surface area contributed by atoms with Crippen LogP contribution in [0.15, 0.2) is 30.5 Å². The van der Waals surface area contributed by atoms with Gasteiger partial charge >= 0.3 is 0 Å². The molecule has 1 unspecified atom stereocenters. The van der Waals surface area contributed by atoms with Gasteiger partial charge in [0, 0.05) is 17.9 Å². The van der Waals surface area contributed by atoms with Crippen molar-refractivity contribution >= 4 is 27.3 Å². The molecule has 2 heterocycles. The molecule has 3 rings (SSSR count). The standard InChI is InChI=1S/C16H20N4O2S/c1-11-7-12(2)9-14(8-11)19-16-17-5-3-15(20-16)18-13-4-6-23(21,22)10-13/h3,5,7-9,13H,4,6,10H2,1-2H3,(H2,17,18,19,20). The van der Waals surface area contributed by atoms with Crippen LogP contribution in [-0.4, -0.2) is 35.9 Å². The van der Waals surface area contributed by atoms with Gasteiger partial charge in [-0.3, -0.25) is 0 Å². The Hall–Kier alpha value is -2.15. The molecule has 122 valence electrons. The Kier molecular flexibility index (Phi) is 4.21. The van der Waals surface area contributed by atoms with Crippen molar-refractivity contribution in [2.24, 2.45) is 0 Å². The lowest BCUT2D eigenvalue weighted by atomic mass is 10.1. The van der Waals surface area contributed by atoms with Crippen LogP contribution in [0.1, 0.15) is 17.5 Å². The Morgan fingerprint density at radius 1 is 1.17 bits per heavy atom. The second-order valence-corrected chi connectivity index (χ2v) is 8.24. The third kappa shape index (κ3) is 4.19. The zero-order valence-corrected chi connectivity index (χ0v) is 14.0. The minimum absolute atomic E-state index is 0.0797. The number of hydrogen-bond acceptors (Lipinski definition) is 6. The number of rotatable bonds is 4. The van der Waals surface area contributed by atoms with Crippen molar-refractivity contribution < 1.29 is 8.42 Å². The van der Waals surface area contributed by atoms with Crippen LogP contribution in [0.25, 0.3) is 0 Å². The number of aryl methyl sites for hydroxylation is 2. The van der Waals surface area contributed by atoms with Crippen molar-refractivity contribution in [1.29, 1.82) is 0 Å². The van der Waals surface area contributed by atoms with E-state index in [1.165, 1.54) is 0 Å². The number of anilines is 3. The molecule has 0 spiro atoms. The number of aromatic nitrogens is 2. The van der Waals surface area contributed by atoms with Crippen LogP contribution in [-0.2, 0) is 9.84 Å². The first-order chi connectivity index (χ1) is 10.9. The van der Waals surface area contributed by atoms with Gasteiger partial charge in [0.2, 0.25) is 5.95 Å². The fourth-order valence-electron chi connectivity index (χ4n) is 2.79. The van der Waals surface area contributed by atoms with E-state index in [0.29, 0.717) is 18.2 Å². The molecule has 2 N–H and O–H groups in total. The van der Waals surface area contributed by atoms with Crippen LogP contribution in [0, 0.1) is 13.8 Å². The van der Waals surface area contributed by atoms with Crippen molar-refractivity contribution in [2.75, 3.05) is 22.1 Å². The monoisotopic (exact) mass is 332 g/mol. The maximum Gasteiger partial charge on any atom is 0.229 e. The first-order valence-electron chi connectivity index (χ1n) is 7.55. The SMILES string of the molecule is Cc1cc(C)cc(Nc2nccc(NC3CCS(=O)(=O)C3)n2)c1. The number of benzene rings is 1. The van der Waals surface area contributed by atoms with Gasteiger partial charge in [-0.25, -0.2) is 13.4 Å². The summed E-state index contributed by atoms with van der Waals surface area (Å²) in [6, 6.07) is 7.83. The molecule has 2 aromatic rings. The molecule has 0 saturated carbocycles. The van der Waals surface area contributed by atoms with Crippen molar-refractivity contribution in [1.82, 2.24) is 9.97 Å². The minimum atomic E-state index is -2.91. The van der Waals surface area contributed by atoms with Gasteiger partial charge in [0.15, 0.2) is 9.84 Å². The second-order valence-electron chi connectivity index (χ2n) is 6.01. The molecule has 0 bridgehead atoms. The lowest BCUT2D eigenvalue weighted by Gasteiger charge is -2.13. The lowest BCUT2D eigenvalue weighted by molar-refractivity contribution is 0.602. The van der Waals surface area contributed by atoms with E-state index < -0.39 is 9.84 Å². The summed E-state index contributed by atoms with van der Waals surface area (Å²) in [5.74, 6) is 1.52. The van der Waals surface area contributed by atoms with Crippen LogP contribution < -0.4 is 10.6 Å². The topological polar surface area (TPSA) is 84.0 Å². The average Bonchev–Trinajstić information content (AvgIpc) is 2.77. The Labute approximate surface area is 136 Å². The molecule has 7 heteroatoms. The van der Waals surface area contributed by atoms with Crippen molar-refractivity contribution in [2.45, 2.75) is 26.3 Å². The van der Waals surface area contributed by atoms with Crippen LogP contribution >= 0.6 is 0 Å². The van der Waals surface area contributed by atoms with Gasteiger partial charge in [-0.15, -0.1) is 0 Å². The summed E-state index contributed by atoms with van der Waals surface area (Å²) in [6.45, 7) is 4.08. The Morgan fingerprint density at radius 2 is 1.91 bits per heavy atom. The highest BCUT2D eigenvalue weighted by Gasteiger charge is 2.27. The highest BCUT2D eigenvalue weighted by Crippen LogP contribution is 2.19. The van der Waals surface area contributed by atoms with Gasteiger partial charge in [0.05, 0.1) is 11.5 Å². The van der Waals surface area contributed by atoms with Gasteiger partial charge in [-0.1, -0.05) is 6.07 Å². The van der Waals surface area contributed by atoms with E-state index in [9.17, 15) is 8.42 Å². The van der Waals surface area contributed by atoms with Crippen molar-refractivity contribution in [3.8, 4) is 0 Å². The molecule has 1 aromatic carbocycles. The molecule has 0 aliphatic carbocycles. The quantitative estimate of drug-likeness (QED) is 0.894. The fourth-order valence-corrected chi connectivity index (χ4v) is 4.47. The number of nitrogens with one attached hydrogen (secondary N) is 2. The molecule has 0 radical (unpaired) electrons.